The lowest BCUT2D eigenvalue weighted by molar-refractivity contribution is 0.0680. The molecule has 0 saturated carbocycles. The van der Waals surface area contributed by atoms with E-state index >= 15 is 0 Å². The number of hydrogen-bond donors (Lipinski definition) is 1. The van der Waals surface area contributed by atoms with Crippen LogP contribution in [0, 0.1) is 6.92 Å². The first-order chi connectivity index (χ1) is 8.97. The number of rotatable bonds is 3. The van der Waals surface area contributed by atoms with Crippen LogP contribution in [0.2, 0.25) is 0 Å². The average molecular weight is 281 g/mol. The van der Waals surface area contributed by atoms with Crippen LogP contribution in [0.5, 0.6) is 0 Å². The van der Waals surface area contributed by atoms with E-state index in [1.54, 1.807) is 20.9 Å². The highest BCUT2D eigenvalue weighted by atomic mass is 32.1. The largest absolute Gasteiger partial charge is 0.394 e. The summed E-state index contributed by atoms with van der Waals surface area (Å²) in [6, 6.07) is -0.351. The molecule has 2 rings (SSSR count). The number of likely N-dealkylation sites (N-methyl/N-ethyl adjacent to an activating group) is 1. The normalized spacial score (nSPS) is 12.6. The second-order valence-corrected chi connectivity index (χ2v) is 5.26. The predicted molar refractivity (Wildman–Crippen MR) is 72.7 cm³/mol. The number of carbonyl (C=O) groups excluding carboxylic acids is 1. The molecule has 0 saturated heterocycles. The molecule has 1 N–H and O–H groups in total. The van der Waals surface area contributed by atoms with Gasteiger partial charge >= 0.3 is 0 Å². The van der Waals surface area contributed by atoms with Gasteiger partial charge in [0.15, 0.2) is 4.96 Å². The van der Waals surface area contributed by atoms with Crippen LogP contribution in [0.25, 0.3) is 4.96 Å². The maximum absolute atomic E-state index is 12.3. The van der Waals surface area contributed by atoms with Gasteiger partial charge in [-0.2, -0.15) is 0 Å². The minimum absolute atomic E-state index is 0.0156. The highest BCUT2D eigenvalue weighted by molar-refractivity contribution is 7.15. The first kappa shape index (κ1) is 13.7. The zero-order valence-electron chi connectivity index (χ0n) is 11.0. The van der Waals surface area contributed by atoms with Crippen molar-refractivity contribution in [3.8, 4) is 0 Å². The van der Waals surface area contributed by atoms with Crippen molar-refractivity contribution in [1.82, 2.24) is 14.3 Å². The third-order valence-corrected chi connectivity index (χ3v) is 4.05. The average Bonchev–Trinajstić information content (AvgIpc) is 2.79. The van der Waals surface area contributed by atoms with E-state index in [0.717, 1.165) is 5.69 Å². The summed E-state index contributed by atoms with van der Waals surface area (Å²) >= 11 is 1.35. The monoisotopic (exact) mass is 281 g/mol. The molecule has 0 bridgehead atoms. The van der Waals surface area contributed by atoms with Gasteiger partial charge < -0.3 is 10.0 Å². The van der Waals surface area contributed by atoms with Gasteiger partial charge in [0.25, 0.3) is 11.5 Å². The van der Waals surface area contributed by atoms with Crippen molar-refractivity contribution in [2.45, 2.75) is 19.9 Å². The highest BCUT2D eigenvalue weighted by Gasteiger charge is 2.21. The van der Waals surface area contributed by atoms with Gasteiger partial charge in [-0.3, -0.25) is 14.0 Å². The molecule has 0 radical (unpaired) electrons. The first-order valence-corrected chi connectivity index (χ1v) is 6.69. The first-order valence-electron chi connectivity index (χ1n) is 5.81. The highest BCUT2D eigenvalue weighted by Crippen LogP contribution is 2.12. The van der Waals surface area contributed by atoms with Crippen molar-refractivity contribution >= 4 is 22.2 Å². The van der Waals surface area contributed by atoms with Crippen LogP contribution in [0.1, 0.15) is 23.0 Å². The number of aryl methyl sites for hydroxylation is 1. The van der Waals surface area contributed by atoms with E-state index < -0.39 is 5.91 Å². The molecule has 2 aromatic rings. The summed E-state index contributed by atoms with van der Waals surface area (Å²) in [6.07, 6.45) is 1.30. The standard InChI is InChI=1S/C12H15N3O3S/c1-7(5-16)14(3)10(17)9-4-13-12-15(11(9)18)8(2)6-19-12/h4,6-7,16H,5H2,1-3H3. The van der Waals surface area contributed by atoms with Gasteiger partial charge in [0.05, 0.1) is 12.6 Å². The molecule has 2 aromatic heterocycles. The van der Waals surface area contributed by atoms with Crippen LogP contribution in [-0.2, 0) is 0 Å². The number of amides is 1. The summed E-state index contributed by atoms with van der Waals surface area (Å²) in [5.74, 6) is -0.431. The third kappa shape index (κ3) is 2.26. The van der Waals surface area contributed by atoms with E-state index in [2.05, 4.69) is 4.98 Å². The van der Waals surface area contributed by atoms with Gasteiger partial charge in [0.2, 0.25) is 0 Å². The molecule has 0 spiro atoms. The number of aliphatic hydroxyl groups excluding tert-OH is 1. The number of aromatic nitrogens is 2. The lowest BCUT2D eigenvalue weighted by Gasteiger charge is -2.22. The maximum Gasteiger partial charge on any atom is 0.271 e. The van der Waals surface area contributed by atoms with E-state index in [-0.39, 0.29) is 23.8 Å². The number of fused-ring (bicyclic) bond motifs is 1. The van der Waals surface area contributed by atoms with Crippen molar-refractivity contribution in [3.63, 3.8) is 0 Å². The van der Waals surface area contributed by atoms with Gasteiger partial charge in [-0.05, 0) is 13.8 Å². The Balaban J connectivity index is 2.52. The number of thiazole rings is 1. The molecule has 1 atom stereocenters. The van der Waals surface area contributed by atoms with Gasteiger partial charge in [-0.25, -0.2) is 4.98 Å². The van der Waals surface area contributed by atoms with Crippen LogP contribution < -0.4 is 5.56 Å². The number of nitrogens with zero attached hydrogens (tertiary/aromatic N) is 3. The molecular weight excluding hydrogens is 266 g/mol. The molecule has 102 valence electrons. The summed E-state index contributed by atoms with van der Waals surface area (Å²) in [4.78, 5) is 30.5. The Morgan fingerprint density at radius 3 is 2.95 bits per heavy atom. The maximum atomic E-state index is 12.3. The third-order valence-electron chi connectivity index (χ3n) is 3.09. The Morgan fingerprint density at radius 1 is 1.63 bits per heavy atom. The van der Waals surface area contributed by atoms with E-state index in [0.29, 0.717) is 4.96 Å². The van der Waals surface area contributed by atoms with Gasteiger partial charge in [-0.1, -0.05) is 0 Å². The molecule has 7 heteroatoms. The molecule has 2 heterocycles. The summed E-state index contributed by atoms with van der Waals surface area (Å²) in [6.45, 7) is 3.34. The zero-order valence-corrected chi connectivity index (χ0v) is 11.8. The topological polar surface area (TPSA) is 74.9 Å². The predicted octanol–water partition coefficient (Wildman–Crippen LogP) is 0.517. The summed E-state index contributed by atoms with van der Waals surface area (Å²) in [5, 5.41) is 10.9. The van der Waals surface area contributed by atoms with Crippen LogP contribution in [-0.4, -0.2) is 45.0 Å². The van der Waals surface area contributed by atoms with Gasteiger partial charge in [0, 0.05) is 24.3 Å². The second-order valence-electron chi connectivity index (χ2n) is 4.42. The molecule has 6 nitrogen and oxygen atoms in total. The van der Waals surface area contributed by atoms with Crippen LogP contribution in [0.4, 0.5) is 0 Å². The van der Waals surface area contributed by atoms with Crippen LogP contribution in [0.15, 0.2) is 16.4 Å². The quantitative estimate of drug-likeness (QED) is 0.890. The molecule has 0 aliphatic rings. The van der Waals surface area contributed by atoms with Crippen LogP contribution >= 0.6 is 11.3 Å². The Bertz CT molecular complexity index is 676. The zero-order chi connectivity index (χ0) is 14.2. The van der Waals surface area contributed by atoms with Crippen LogP contribution in [0.3, 0.4) is 0 Å². The fourth-order valence-electron chi connectivity index (χ4n) is 1.68. The van der Waals surface area contributed by atoms with Crippen molar-refractivity contribution < 1.29 is 9.90 Å². The Kier molecular flexibility index (Phi) is 3.68. The van der Waals surface area contributed by atoms with E-state index in [1.807, 2.05) is 5.38 Å². The lowest BCUT2D eigenvalue weighted by atomic mass is 10.2. The minimum atomic E-state index is -0.431. The molecule has 19 heavy (non-hydrogen) atoms. The van der Waals surface area contributed by atoms with Gasteiger partial charge in [-0.15, -0.1) is 11.3 Å². The van der Waals surface area contributed by atoms with Crippen molar-refractivity contribution in [1.29, 1.82) is 0 Å². The molecule has 1 unspecified atom stereocenters. The van der Waals surface area contributed by atoms with Crippen molar-refractivity contribution in [2.75, 3.05) is 13.7 Å². The minimum Gasteiger partial charge on any atom is -0.394 e. The molecular formula is C12H15N3O3S. The SMILES string of the molecule is Cc1csc2ncc(C(=O)N(C)C(C)CO)c(=O)n12. The summed E-state index contributed by atoms with van der Waals surface area (Å²) < 4.78 is 1.43. The van der Waals surface area contributed by atoms with E-state index in [1.165, 1.54) is 26.8 Å². The van der Waals surface area contributed by atoms with Crippen molar-refractivity contribution in [2.24, 2.45) is 0 Å². The number of hydrogen-bond acceptors (Lipinski definition) is 5. The van der Waals surface area contributed by atoms with Gasteiger partial charge in [0.1, 0.15) is 5.56 Å². The summed E-state index contributed by atoms with van der Waals surface area (Å²) in [5.41, 5.74) is 0.401. The number of aliphatic hydroxyl groups is 1. The lowest BCUT2D eigenvalue weighted by Crippen LogP contribution is -2.40. The molecule has 0 aliphatic heterocycles. The smallest absolute Gasteiger partial charge is 0.271 e. The van der Waals surface area contributed by atoms with Crippen molar-refractivity contribution in [3.05, 3.63) is 33.2 Å². The fraction of sp³-hybridized carbons (Fsp3) is 0.417. The molecule has 0 aromatic carbocycles. The second kappa shape index (κ2) is 5.10. The molecule has 0 fully saturated rings. The Hall–Kier alpha value is -1.73. The molecule has 0 aliphatic carbocycles. The van der Waals surface area contributed by atoms with E-state index in [9.17, 15) is 9.59 Å². The van der Waals surface area contributed by atoms with E-state index in [4.69, 9.17) is 5.11 Å². The fourth-order valence-corrected chi connectivity index (χ4v) is 2.51. The molecule has 1 amide bonds. The summed E-state index contributed by atoms with van der Waals surface area (Å²) in [7, 11) is 1.55. The Morgan fingerprint density at radius 2 is 2.32 bits per heavy atom. The Labute approximate surface area is 113 Å². The number of carbonyl (C=O) groups is 1.